The van der Waals surface area contributed by atoms with E-state index in [1.54, 1.807) is 23.4 Å². The van der Waals surface area contributed by atoms with Crippen LogP contribution in [0.2, 0.25) is 0 Å². The fourth-order valence-electron chi connectivity index (χ4n) is 4.83. The van der Waals surface area contributed by atoms with Gasteiger partial charge in [-0.1, -0.05) is 49.6 Å². The van der Waals surface area contributed by atoms with Crippen LogP contribution in [0.25, 0.3) is 10.8 Å². The number of aryl methyl sites for hydroxylation is 1. The summed E-state index contributed by atoms with van der Waals surface area (Å²) in [5.41, 5.74) is 2.79. The van der Waals surface area contributed by atoms with Crippen molar-refractivity contribution >= 4 is 26.8 Å². The summed E-state index contributed by atoms with van der Waals surface area (Å²) in [6, 6.07) is 13.1. The molecule has 7 heteroatoms. The third-order valence-electron chi connectivity index (χ3n) is 6.70. The molecule has 33 heavy (non-hydrogen) atoms. The number of aromatic nitrogens is 1. The van der Waals surface area contributed by atoms with Gasteiger partial charge in [-0.15, -0.1) is 0 Å². The Bertz CT molecular complexity index is 1260. The number of hydrogen-bond acceptors (Lipinski definition) is 4. The van der Waals surface area contributed by atoms with Crippen LogP contribution in [0.1, 0.15) is 66.3 Å². The van der Waals surface area contributed by atoms with E-state index in [-0.39, 0.29) is 19.2 Å². The van der Waals surface area contributed by atoms with E-state index in [1.807, 2.05) is 44.2 Å². The van der Waals surface area contributed by atoms with Crippen molar-refractivity contribution in [1.82, 2.24) is 9.29 Å². The molecule has 1 aliphatic carbocycles. The number of H-pyrrole nitrogens is 1. The third kappa shape index (κ3) is 4.70. The number of aromatic amines is 1. The summed E-state index contributed by atoms with van der Waals surface area (Å²) in [5.74, 6) is -0.411. The van der Waals surface area contributed by atoms with Gasteiger partial charge >= 0.3 is 5.97 Å². The Morgan fingerprint density at radius 2 is 1.76 bits per heavy atom. The van der Waals surface area contributed by atoms with Crippen LogP contribution in [-0.4, -0.2) is 36.3 Å². The Morgan fingerprint density at radius 3 is 2.45 bits per heavy atom. The number of carbonyl (C=O) groups is 1. The third-order valence-corrected chi connectivity index (χ3v) is 8.59. The van der Waals surface area contributed by atoms with E-state index in [0.717, 1.165) is 59.7 Å². The number of ether oxygens (including phenoxy) is 1. The van der Waals surface area contributed by atoms with Gasteiger partial charge in [0.2, 0.25) is 10.0 Å². The number of rotatable bonds is 7. The molecule has 6 nitrogen and oxygen atoms in total. The van der Waals surface area contributed by atoms with E-state index < -0.39 is 16.0 Å². The maximum Gasteiger partial charge on any atom is 0.355 e. The van der Waals surface area contributed by atoms with E-state index in [1.165, 1.54) is 0 Å². The van der Waals surface area contributed by atoms with Crippen molar-refractivity contribution in [2.45, 2.75) is 70.4 Å². The minimum Gasteiger partial charge on any atom is -0.461 e. The first-order valence-corrected chi connectivity index (χ1v) is 13.1. The molecule has 176 valence electrons. The lowest BCUT2D eigenvalue weighted by molar-refractivity contribution is 0.0519. The van der Waals surface area contributed by atoms with E-state index in [4.69, 9.17) is 4.74 Å². The molecule has 4 rings (SSSR count). The van der Waals surface area contributed by atoms with Crippen molar-refractivity contribution in [1.29, 1.82) is 0 Å². The van der Waals surface area contributed by atoms with Gasteiger partial charge in [0.25, 0.3) is 0 Å². The van der Waals surface area contributed by atoms with Crippen LogP contribution < -0.4 is 0 Å². The van der Waals surface area contributed by atoms with E-state index in [2.05, 4.69) is 4.98 Å². The van der Waals surface area contributed by atoms with Gasteiger partial charge in [0.15, 0.2) is 0 Å². The molecule has 1 fully saturated rings. The second-order valence-corrected chi connectivity index (χ2v) is 10.7. The summed E-state index contributed by atoms with van der Waals surface area (Å²) < 4.78 is 34.8. The molecule has 1 saturated carbocycles. The van der Waals surface area contributed by atoms with Crippen molar-refractivity contribution in [2.75, 3.05) is 6.61 Å². The van der Waals surface area contributed by atoms with Crippen LogP contribution >= 0.6 is 0 Å². The largest absolute Gasteiger partial charge is 0.461 e. The second-order valence-electron chi connectivity index (χ2n) is 8.80. The van der Waals surface area contributed by atoms with Gasteiger partial charge < -0.3 is 9.72 Å². The first-order chi connectivity index (χ1) is 15.8. The molecule has 0 saturated heterocycles. The molecular formula is C26H32N2O4S. The number of benzene rings is 2. The maximum absolute atomic E-state index is 14.0. The molecule has 3 aromatic rings. The van der Waals surface area contributed by atoms with E-state index >= 15 is 0 Å². The summed E-state index contributed by atoms with van der Waals surface area (Å²) in [7, 11) is -3.74. The molecule has 0 aliphatic heterocycles. The predicted molar refractivity (Wildman–Crippen MR) is 130 cm³/mol. The van der Waals surface area contributed by atoms with Crippen molar-refractivity contribution in [3.05, 3.63) is 65.0 Å². The number of carbonyl (C=O) groups excluding carboxylic acids is 1. The quantitative estimate of drug-likeness (QED) is 0.465. The highest BCUT2D eigenvalue weighted by atomic mass is 32.2. The Labute approximate surface area is 196 Å². The summed E-state index contributed by atoms with van der Waals surface area (Å²) in [6.45, 7) is 6.02. The van der Waals surface area contributed by atoms with Crippen LogP contribution in [0.3, 0.4) is 0 Å². The predicted octanol–water partition coefficient (Wildman–Crippen LogP) is 5.49. The Morgan fingerprint density at radius 1 is 1.06 bits per heavy atom. The molecular weight excluding hydrogens is 436 g/mol. The van der Waals surface area contributed by atoms with Gasteiger partial charge in [-0.05, 0) is 67.6 Å². The zero-order valence-corrected chi connectivity index (χ0v) is 20.4. The van der Waals surface area contributed by atoms with Gasteiger partial charge in [0.05, 0.1) is 11.5 Å². The number of nitrogens with zero attached hydrogens (tertiary/aromatic N) is 1. The zero-order chi connectivity index (χ0) is 23.6. The number of esters is 1. The monoisotopic (exact) mass is 468 g/mol. The summed E-state index contributed by atoms with van der Waals surface area (Å²) in [6.07, 6.45) is 4.87. The molecule has 1 aromatic heterocycles. The van der Waals surface area contributed by atoms with Gasteiger partial charge in [0.1, 0.15) is 5.69 Å². The van der Waals surface area contributed by atoms with Crippen molar-refractivity contribution in [2.24, 2.45) is 0 Å². The minimum atomic E-state index is -3.74. The lowest BCUT2D eigenvalue weighted by atomic mass is 9.95. The summed E-state index contributed by atoms with van der Waals surface area (Å²) in [5, 5.41) is 1.91. The smallest absolute Gasteiger partial charge is 0.355 e. The van der Waals surface area contributed by atoms with E-state index in [9.17, 15) is 13.2 Å². The molecule has 0 amide bonds. The standard InChI is InChI=1S/C26H32N2O4S/c1-4-32-26(29)25-18(2)24(19(3)27-25)17-28(22-12-6-5-7-13-22)33(30,31)23-15-14-20-10-8-9-11-21(20)16-23/h8-11,14-16,22,27H,4-7,12-13,17H2,1-3H3. The maximum atomic E-state index is 14.0. The molecule has 1 aliphatic rings. The molecule has 0 radical (unpaired) electrons. The van der Waals surface area contributed by atoms with Gasteiger partial charge in [-0.2, -0.15) is 4.31 Å². The van der Waals surface area contributed by atoms with E-state index in [0.29, 0.717) is 10.6 Å². The van der Waals surface area contributed by atoms with Gasteiger partial charge in [-0.25, -0.2) is 13.2 Å². The normalized spacial score (nSPS) is 15.3. The Balaban J connectivity index is 1.75. The van der Waals surface area contributed by atoms with Crippen molar-refractivity contribution < 1.29 is 17.9 Å². The fraction of sp³-hybridized carbons (Fsp3) is 0.423. The molecule has 0 bridgehead atoms. The lowest BCUT2D eigenvalue weighted by Crippen LogP contribution is -2.41. The van der Waals surface area contributed by atoms with Crippen molar-refractivity contribution in [3.8, 4) is 0 Å². The van der Waals surface area contributed by atoms with Gasteiger partial charge in [0, 0.05) is 18.3 Å². The SMILES string of the molecule is CCOC(=O)c1[nH]c(C)c(CN(C2CCCCC2)S(=O)(=O)c2ccc3ccccc3c2)c1C. The first-order valence-electron chi connectivity index (χ1n) is 11.7. The van der Waals surface area contributed by atoms with Crippen LogP contribution in [0.15, 0.2) is 47.4 Å². The molecule has 1 N–H and O–H groups in total. The highest BCUT2D eigenvalue weighted by molar-refractivity contribution is 7.89. The summed E-state index contributed by atoms with van der Waals surface area (Å²) >= 11 is 0. The van der Waals surface area contributed by atoms with Crippen LogP contribution in [-0.2, 0) is 21.3 Å². The average molecular weight is 469 g/mol. The first kappa shape index (κ1) is 23.5. The highest BCUT2D eigenvalue weighted by Crippen LogP contribution is 2.32. The number of fused-ring (bicyclic) bond motifs is 1. The summed E-state index contributed by atoms with van der Waals surface area (Å²) in [4.78, 5) is 15.8. The zero-order valence-electron chi connectivity index (χ0n) is 19.6. The molecule has 2 aromatic carbocycles. The number of nitrogens with one attached hydrogen (secondary N) is 1. The molecule has 0 atom stereocenters. The fourth-order valence-corrected chi connectivity index (χ4v) is 6.52. The minimum absolute atomic E-state index is 0.0602. The molecule has 0 spiro atoms. The highest BCUT2D eigenvalue weighted by Gasteiger charge is 2.34. The van der Waals surface area contributed by atoms with Crippen LogP contribution in [0, 0.1) is 13.8 Å². The lowest BCUT2D eigenvalue weighted by Gasteiger charge is -2.33. The average Bonchev–Trinajstić information content (AvgIpc) is 3.11. The second kappa shape index (κ2) is 9.69. The van der Waals surface area contributed by atoms with Crippen LogP contribution in [0.5, 0.6) is 0 Å². The number of hydrogen-bond donors (Lipinski definition) is 1. The van der Waals surface area contributed by atoms with Crippen LogP contribution in [0.4, 0.5) is 0 Å². The number of sulfonamides is 1. The Hall–Kier alpha value is -2.64. The topological polar surface area (TPSA) is 79.5 Å². The Kier molecular flexibility index (Phi) is 6.91. The molecule has 1 heterocycles. The molecule has 0 unspecified atom stereocenters. The van der Waals surface area contributed by atoms with Gasteiger partial charge in [-0.3, -0.25) is 0 Å². The van der Waals surface area contributed by atoms with Crippen molar-refractivity contribution in [3.63, 3.8) is 0 Å².